The molecular formula is C24H30N2O2S. The SMILES string of the molecule is O=C(CC1CC2(CCN(Cc3cccs3)CC2)c2ccccc21)N1CCOCC1. The monoisotopic (exact) mass is 410 g/mol. The largest absolute Gasteiger partial charge is 0.378 e. The fraction of sp³-hybridized carbons (Fsp3) is 0.542. The lowest BCUT2D eigenvalue weighted by Gasteiger charge is -2.40. The van der Waals surface area contributed by atoms with Crippen LogP contribution in [0, 0.1) is 0 Å². The Bertz CT molecular complexity index is 836. The maximum atomic E-state index is 12.9. The van der Waals surface area contributed by atoms with Gasteiger partial charge in [0.2, 0.25) is 5.91 Å². The Morgan fingerprint density at radius 1 is 1.07 bits per heavy atom. The minimum absolute atomic E-state index is 0.262. The van der Waals surface area contributed by atoms with E-state index in [1.807, 2.05) is 16.2 Å². The van der Waals surface area contributed by atoms with Crippen LogP contribution in [-0.4, -0.2) is 55.1 Å². The number of benzene rings is 1. The van der Waals surface area contributed by atoms with Crippen LogP contribution in [0.1, 0.15) is 47.6 Å². The summed E-state index contributed by atoms with van der Waals surface area (Å²) in [6.45, 7) is 6.22. The molecule has 4 nitrogen and oxygen atoms in total. The van der Waals surface area contributed by atoms with Gasteiger partial charge in [0.05, 0.1) is 13.2 Å². The minimum atomic E-state index is 0.262. The van der Waals surface area contributed by atoms with Gasteiger partial charge >= 0.3 is 0 Å². The molecule has 1 amide bonds. The molecule has 2 aromatic rings. The van der Waals surface area contributed by atoms with Crippen LogP contribution in [0.25, 0.3) is 0 Å². The summed E-state index contributed by atoms with van der Waals surface area (Å²) in [6.07, 6.45) is 4.20. The molecule has 5 rings (SSSR count). The first kappa shape index (κ1) is 19.3. The molecule has 0 bridgehead atoms. The number of amides is 1. The van der Waals surface area contributed by atoms with Crippen molar-refractivity contribution in [3.8, 4) is 0 Å². The van der Waals surface area contributed by atoms with E-state index in [1.54, 1.807) is 0 Å². The molecule has 154 valence electrons. The van der Waals surface area contributed by atoms with Crippen molar-refractivity contribution in [3.05, 3.63) is 57.8 Å². The number of carbonyl (C=O) groups excluding carboxylic acids is 1. The normalized spacial score (nSPS) is 24.0. The number of rotatable bonds is 4. The number of piperidine rings is 1. The highest BCUT2D eigenvalue weighted by Gasteiger charge is 2.45. The third-order valence-electron chi connectivity index (χ3n) is 7.17. The Labute approximate surface area is 177 Å². The number of thiophene rings is 1. The molecule has 2 aliphatic heterocycles. The van der Waals surface area contributed by atoms with E-state index < -0.39 is 0 Å². The highest BCUT2D eigenvalue weighted by Crippen LogP contribution is 2.52. The summed E-state index contributed by atoms with van der Waals surface area (Å²) in [4.78, 5) is 19.0. The third-order valence-corrected chi connectivity index (χ3v) is 8.03. The second kappa shape index (κ2) is 8.21. The number of likely N-dealkylation sites (tertiary alicyclic amines) is 1. The van der Waals surface area contributed by atoms with Gasteiger partial charge in [-0.3, -0.25) is 9.69 Å². The Morgan fingerprint density at radius 3 is 2.62 bits per heavy atom. The van der Waals surface area contributed by atoms with Crippen molar-refractivity contribution in [2.75, 3.05) is 39.4 Å². The summed E-state index contributed by atoms with van der Waals surface area (Å²) in [7, 11) is 0. The van der Waals surface area contributed by atoms with E-state index in [2.05, 4.69) is 46.7 Å². The molecule has 0 radical (unpaired) electrons. The van der Waals surface area contributed by atoms with Crippen molar-refractivity contribution in [2.24, 2.45) is 0 Å². The summed E-state index contributed by atoms with van der Waals surface area (Å²) < 4.78 is 5.42. The fourth-order valence-electron chi connectivity index (χ4n) is 5.60. The summed E-state index contributed by atoms with van der Waals surface area (Å²) in [5, 5.41) is 2.17. The second-order valence-corrected chi connectivity index (χ2v) is 9.85. The van der Waals surface area contributed by atoms with Gasteiger partial charge in [-0.2, -0.15) is 0 Å². The summed E-state index contributed by atoms with van der Waals surface area (Å²) in [5.74, 6) is 0.672. The molecular weight excluding hydrogens is 380 g/mol. The molecule has 1 aromatic carbocycles. The van der Waals surface area contributed by atoms with E-state index >= 15 is 0 Å². The topological polar surface area (TPSA) is 32.8 Å². The highest BCUT2D eigenvalue weighted by atomic mass is 32.1. The van der Waals surface area contributed by atoms with Gasteiger partial charge in [-0.25, -0.2) is 0 Å². The van der Waals surface area contributed by atoms with E-state index in [-0.39, 0.29) is 5.41 Å². The molecule has 2 saturated heterocycles. The van der Waals surface area contributed by atoms with Crippen LogP contribution in [0.4, 0.5) is 0 Å². The molecule has 29 heavy (non-hydrogen) atoms. The molecule has 0 N–H and O–H groups in total. The molecule has 1 unspecified atom stereocenters. The Kier molecular flexibility index (Phi) is 5.46. The lowest BCUT2D eigenvalue weighted by Crippen LogP contribution is -2.42. The standard InChI is InChI=1S/C24H30N2O2S/c27-23(26-11-13-28-14-12-26)16-19-17-24(22-6-2-1-5-21(19)22)7-9-25(10-8-24)18-20-4-3-15-29-20/h1-6,15,19H,7-14,16-18H2. The predicted molar refractivity (Wildman–Crippen MR) is 116 cm³/mol. The zero-order valence-corrected chi connectivity index (χ0v) is 17.8. The average Bonchev–Trinajstić information content (AvgIpc) is 3.38. The van der Waals surface area contributed by atoms with Crippen LogP contribution in [0.2, 0.25) is 0 Å². The predicted octanol–water partition coefficient (Wildman–Crippen LogP) is 4.02. The number of nitrogens with zero attached hydrogens (tertiary/aromatic N) is 2. The van der Waals surface area contributed by atoms with Crippen molar-refractivity contribution in [3.63, 3.8) is 0 Å². The molecule has 1 spiro atoms. The van der Waals surface area contributed by atoms with Gasteiger partial charge < -0.3 is 9.64 Å². The lowest BCUT2D eigenvalue weighted by atomic mass is 9.73. The smallest absolute Gasteiger partial charge is 0.223 e. The van der Waals surface area contributed by atoms with Crippen LogP contribution in [0.3, 0.4) is 0 Å². The molecule has 1 aliphatic carbocycles. The van der Waals surface area contributed by atoms with Gasteiger partial charge in [-0.05, 0) is 66.3 Å². The van der Waals surface area contributed by atoms with Gasteiger partial charge in [0, 0.05) is 30.9 Å². The van der Waals surface area contributed by atoms with Crippen LogP contribution in [0.5, 0.6) is 0 Å². The number of carbonyl (C=O) groups is 1. The van der Waals surface area contributed by atoms with Crippen LogP contribution in [-0.2, 0) is 21.5 Å². The first-order valence-electron chi connectivity index (χ1n) is 10.9. The fourth-order valence-corrected chi connectivity index (χ4v) is 6.34. The first-order valence-corrected chi connectivity index (χ1v) is 11.8. The summed E-state index contributed by atoms with van der Waals surface area (Å²) >= 11 is 1.86. The van der Waals surface area contributed by atoms with Gasteiger partial charge in [0.25, 0.3) is 0 Å². The maximum Gasteiger partial charge on any atom is 0.223 e. The number of hydrogen-bond donors (Lipinski definition) is 0. The quantitative estimate of drug-likeness (QED) is 0.763. The average molecular weight is 411 g/mol. The van der Waals surface area contributed by atoms with Crippen molar-refractivity contribution in [1.82, 2.24) is 9.80 Å². The third kappa shape index (κ3) is 3.88. The van der Waals surface area contributed by atoms with Gasteiger partial charge in [0.1, 0.15) is 0 Å². The Morgan fingerprint density at radius 2 is 1.86 bits per heavy atom. The van der Waals surface area contributed by atoms with Crippen molar-refractivity contribution in [1.29, 1.82) is 0 Å². The van der Waals surface area contributed by atoms with E-state index in [4.69, 9.17) is 4.74 Å². The second-order valence-electron chi connectivity index (χ2n) is 8.82. The van der Waals surface area contributed by atoms with Gasteiger partial charge in [-0.15, -0.1) is 11.3 Å². The number of ether oxygens (including phenoxy) is 1. The molecule has 3 aliphatic rings. The maximum absolute atomic E-state index is 12.9. The lowest BCUT2D eigenvalue weighted by molar-refractivity contribution is -0.135. The van der Waals surface area contributed by atoms with E-state index in [9.17, 15) is 4.79 Å². The Hall–Kier alpha value is -1.69. The summed E-state index contributed by atoms with van der Waals surface area (Å²) in [6, 6.07) is 13.3. The molecule has 0 saturated carbocycles. The number of hydrogen-bond acceptors (Lipinski definition) is 4. The number of fused-ring (bicyclic) bond motifs is 2. The van der Waals surface area contributed by atoms with Crippen LogP contribution < -0.4 is 0 Å². The highest BCUT2D eigenvalue weighted by molar-refractivity contribution is 7.09. The van der Waals surface area contributed by atoms with E-state index in [1.165, 1.54) is 28.8 Å². The van der Waals surface area contributed by atoms with Gasteiger partial charge in [-0.1, -0.05) is 30.3 Å². The first-order chi connectivity index (χ1) is 14.2. The molecule has 1 aromatic heterocycles. The van der Waals surface area contributed by atoms with Gasteiger partial charge in [0.15, 0.2) is 0 Å². The summed E-state index contributed by atoms with van der Waals surface area (Å²) in [5.41, 5.74) is 3.22. The van der Waals surface area contributed by atoms with Crippen molar-refractivity contribution < 1.29 is 9.53 Å². The van der Waals surface area contributed by atoms with E-state index in [0.29, 0.717) is 31.5 Å². The number of morpholine rings is 1. The zero-order valence-electron chi connectivity index (χ0n) is 17.0. The molecule has 2 fully saturated rings. The minimum Gasteiger partial charge on any atom is -0.378 e. The van der Waals surface area contributed by atoms with Crippen LogP contribution >= 0.6 is 11.3 Å². The molecule has 3 heterocycles. The Balaban J connectivity index is 1.28. The molecule has 1 atom stereocenters. The zero-order chi connectivity index (χ0) is 19.7. The van der Waals surface area contributed by atoms with Crippen molar-refractivity contribution >= 4 is 17.2 Å². The van der Waals surface area contributed by atoms with E-state index in [0.717, 1.165) is 39.1 Å². The van der Waals surface area contributed by atoms with Crippen molar-refractivity contribution in [2.45, 2.75) is 43.6 Å². The molecule has 5 heteroatoms. The van der Waals surface area contributed by atoms with Crippen LogP contribution in [0.15, 0.2) is 41.8 Å².